The van der Waals surface area contributed by atoms with Crippen molar-refractivity contribution in [3.8, 4) is 0 Å². The van der Waals surface area contributed by atoms with Crippen LogP contribution in [0.3, 0.4) is 0 Å². The SMILES string of the molecule is CCC(O)CNC1CCC(C)C1. The number of nitrogens with one attached hydrogen (secondary N) is 1. The van der Waals surface area contributed by atoms with Crippen LogP contribution in [-0.2, 0) is 0 Å². The van der Waals surface area contributed by atoms with E-state index in [1.165, 1.54) is 19.3 Å². The summed E-state index contributed by atoms with van der Waals surface area (Å²) in [5.41, 5.74) is 0. The van der Waals surface area contributed by atoms with Crippen molar-refractivity contribution < 1.29 is 5.11 Å². The maximum atomic E-state index is 9.32. The summed E-state index contributed by atoms with van der Waals surface area (Å²) in [6.45, 7) is 5.09. The number of hydrogen-bond donors (Lipinski definition) is 2. The Morgan fingerprint density at radius 3 is 2.75 bits per heavy atom. The van der Waals surface area contributed by atoms with Crippen molar-refractivity contribution in [1.29, 1.82) is 0 Å². The molecule has 2 nitrogen and oxygen atoms in total. The Morgan fingerprint density at radius 2 is 2.25 bits per heavy atom. The molecular weight excluding hydrogens is 150 g/mol. The van der Waals surface area contributed by atoms with Gasteiger partial charge in [0, 0.05) is 12.6 Å². The van der Waals surface area contributed by atoms with Gasteiger partial charge in [-0.2, -0.15) is 0 Å². The molecule has 0 aliphatic heterocycles. The lowest BCUT2D eigenvalue weighted by Gasteiger charge is -2.14. The van der Waals surface area contributed by atoms with E-state index < -0.39 is 0 Å². The molecule has 3 atom stereocenters. The van der Waals surface area contributed by atoms with E-state index in [0.717, 1.165) is 18.9 Å². The Bertz CT molecular complexity index is 127. The molecule has 12 heavy (non-hydrogen) atoms. The van der Waals surface area contributed by atoms with Gasteiger partial charge in [0.1, 0.15) is 0 Å². The summed E-state index contributed by atoms with van der Waals surface area (Å²) in [6.07, 6.45) is 4.63. The third-order valence-corrected chi connectivity index (χ3v) is 2.81. The van der Waals surface area contributed by atoms with Crippen molar-refractivity contribution in [2.45, 2.75) is 51.7 Å². The fraction of sp³-hybridized carbons (Fsp3) is 1.00. The van der Waals surface area contributed by atoms with Gasteiger partial charge < -0.3 is 10.4 Å². The number of aliphatic hydroxyl groups excluding tert-OH is 1. The molecule has 0 aromatic heterocycles. The van der Waals surface area contributed by atoms with Crippen LogP contribution in [-0.4, -0.2) is 23.8 Å². The highest BCUT2D eigenvalue weighted by Crippen LogP contribution is 2.24. The van der Waals surface area contributed by atoms with Crippen LogP contribution in [0.2, 0.25) is 0 Å². The molecule has 0 aromatic rings. The van der Waals surface area contributed by atoms with Crippen LogP contribution in [0.15, 0.2) is 0 Å². The molecule has 2 heteroatoms. The molecule has 0 radical (unpaired) electrons. The predicted octanol–water partition coefficient (Wildman–Crippen LogP) is 1.54. The maximum absolute atomic E-state index is 9.32. The molecule has 0 bridgehead atoms. The summed E-state index contributed by atoms with van der Waals surface area (Å²) < 4.78 is 0. The monoisotopic (exact) mass is 171 g/mol. The quantitative estimate of drug-likeness (QED) is 0.672. The van der Waals surface area contributed by atoms with Crippen molar-refractivity contribution in [3.63, 3.8) is 0 Å². The third-order valence-electron chi connectivity index (χ3n) is 2.81. The molecule has 3 unspecified atom stereocenters. The summed E-state index contributed by atoms with van der Waals surface area (Å²) >= 11 is 0. The molecule has 0 amide bonds. The molecule has 2 N–H and O–H groups in total. The summed E-state index contributed by atoms with van der Waals surface area (Å²) in [5, 5.41) is 12.7. The molecular formula is C10H21NO. The Balaban J connectivity index is 2.07. The molecule has 1 aliphatic rings. The van der Waals surface area contributed by atoms with E-state index in [1.54, 1.807) is 0 Å². The standard InChI is InChI=1S/C10H21NO/c1-3-10(12)7-11-9-5-4-8(2)6-9/h8-12H,3-7H2,1-2H3. The Morgan fingerprint density at radius 1 is 1.50 bits per heavy atom. The van der Waals surface area contributed by atoms with Gasteiger partial charge in [0.2, 0.25) is 0 Å². The van der Waals surface area contributed by atoms with Gasteiger partial charge >= 0.3 is 0 Å². The zero-order valence-corrected chi connectivity index (χ0v) is 8.21. The topological polar surface area (TPSA) is 32.3 Å². The smallest absolute Gasteiger partial charge is 0.0662 e. The van der Waals surface area contributed by atoms with Crippen molar-refractivity contribution in [1.82, 2.24) is 5.32 Å². The van der Waals surface area contributed by atoms with Crippen LogP contribution in [0, 0.1) is 5.92 Å². The van der Waals surface area contributed by atoms with Crippen molar-refractivity contribution in [2.24, 2.45) is 5.92 Å². The molecule has 72 valence electrons. The van der Waals surface area contributed by atoms with Crippen LogP contribution in [0.4, 0.5) is 0 Å². The first-order valence-corrected chi connectivity index (χ1v) is 5.13. The van der Waals surface area contributed by atoms with Gasteiger partial charge in [-0.05, 0) is 31.6 Å². The van der Waals surface area contributed by atoms with Crippen molar-refractivity contribution >= 4 is 0 Å². The molecule has 1 rings (SSSR count). The average molecular weight is 171 g/mol. The van der Waals surface area contributed by atoms with E-state index in [9.17, 15) is 5.11 Å². The maximum Gasteiger partial charge on any atom is 0.0662 e. The van der Waals surface area contributed by atoms with Crippen molar-refractivity contribution in [3.05, 3.63) is 0 Å². The minimum absolute atomic E-state index is 0.152. The van der Waals surface area contributed by atoms with E-state index in [1.807, 2.05) is 6.92 Å². The second-order valence-corrected chi connectivity index (χ2v) is 4.09. The average Bonchev–Trinajstić information content (AvgIpc) is 2.47. The Hall–Kier alpha value is -0.0800. The Kier molecular flexibility index (Phi) is 4.02. The molecule has 0 spiro atoms. The lowest BCUT2D eigenvalue weighted by molar-refractivity contribution is 0.162. The molecule has 0 saturated heterocycles. The van der Waals surface area contributed by atoms with Crippen LogP contribution < -0.4 is 5.32 Å². The first-order valence-electron chi connectivity index (χ1n) is 5.13. The van der Waals surface area contributed by atoms with Gasteiger partial charge in [-0.1, -0.05) is 13.8 Å². The zero-order valence-electron chi connectivity index (χ0n) is 8.21. The fourth-order valence-electron chi connectivity index (χ4n) is 1.84. The van der Waals surface area contributed by atoms with E-state index in [2.05, 4.69) is 12.2 Å². The first-order chi connectivity index (χ1) is 5.72. The highest BCUT2D eigenvalue weighted by molar-refractivity contribution is 4.78. The second-order valence-electron chi connectivity index (χ2n) is 4.09. The van der Waals surface area contributed by atoms with Crippen molar-refractivity contribution in [2.75, 3.05) is 6.54 Å². The number of aliphatic hydroxyl groups is 1. The molecule has 0 heterocycles. The largest absolute Gasteiger partial charge is 0.392 e. The summed E-state index contributed by atoms with van der Waals surface area (Å²) in [7, 11) is 0. The Labute approximate surface area is 75.4 Å². The van der Waals surface area contributed by atoms with Crippen LogP contribution in [0.25, 0.3) is 0 Å². The van der Waals surface area contributed by atoms with Gasteiger partial charge in [-0.25, -0.2) is 0 Å². The van der Waals surface area contributed by atoms with E-state index >= 15 is 0 Å². The first kappa shape index (κ1) is 10.0. The third kappa shape index (κ3) is 3.11. The van der Waals surface area contributed by atoms with Gasteiger partial charge in [0.05, 0.1) is 6.10 Å². The molecule has 1 aliphatic carbocycles. The van der Waals surface area contributed by atoms with E-state index in [0.29, 0.717) is 6.04 Å². The summed E-state index contributed by atoms with van der Waals surface area (Å²) in [6, 6.07) is 0.668. The van der Waals surface area contributed by atoms with Gasteiger partial charge in [-0.3, -0.25) is 0 Å². The fourth-order valence-corrected chi connectivity index (χ4v) is 1.84. The summed E-state index contributed by atoms with van der Waals surface area (Å²) in [5.74, 6) is 0.876. The predicted molar refractivity (Wildman–Crippen MR) is 51.1 cm³/mol. The number of rotatable bonds is 4. The normalized spacial score (nSPS) is 32.2. The van der Waals surface area contributed by atoms with Gasteiger partial charge in [0.15, 0.2) is 0 Å². The van der Waals surface area contributed by atoms with Crippen LogP contribution >= 0.6 is 0 Å². The minimum atomic E-state index is -0.152. The van der Waals surface area contributed by atoms with E-state index in [4.69, 9.17) is 0 Å². The highest BCUT2D eigenvalue weighted by atomic mass is 16.3. The molecule has 1 saturated carbocycles. The van der Waals surface area contributed by atoms with Gasteiger partial charge in [0.25, 0.3) is 0 Å². The zero-order chi connectivity index (χ0) is 8.97. The van der Waals surface area contributed by atoms with E-state index in [-0.39, 0.29) is 6.10 Å². The van der Waals surface area contributed by atoms with Crippen LogP contribution in [0.1, 0.15) is 39.5 Å². The van der Waals surface area contributed by atoms with Gasteiger partial charge in [-0.15, -0.1) is 0 Å². The lowest BCUT2D eigenvalue weighted by Crippen LogP contribution is -2.33. The number of hydrogen-bond acceptors (Lipinski definition) is 2. The molecule has 0 aromatic carbocycles. The summed E-state index contributed by atoms with van der Waals surface area (Å²) in [4.78, 5) is 0. The minimum Gasteiger partial charge on any atom is -0.392 e. The second kappa shape index (κ2) is 4.83. The van der Waals surface area contributed by atoms with Crippen LogP contribution in [0.5, 0.6) is 0 Å². The molecule has 1 fully saturated rings. The lowest BCUT2D eigenvalue weighted by atomic mass is 10.1. The highest BCUT2D eigenvalue weighted by Gasteiger charge is 2.20.